The zero-order valence-corrected chi connectivity index (χ0v) is 15.1. The average molecular weight is 333 g/mol. The van der Waals surface area contributed by atoms with Crippen LogP contribution in [-0.2, 0) is 16.1 Å². The van der Waals surface area contributed by atoms with E-state index < -0.39 is 0 Å². The highest BCUT2D eigenvalue weighted by molar-refractivity contribution is 5.79. The molecule has 2 rings (SSSR count). The van der Waals surface area contributed by atoms with Crippen LogP contribution in [-0.4, -0.2) is 60.6 Å². The standard InChI is InChI=1S/C19H31N3O2/c1-15(13-21-9-11-24-12-10-21)22(19(23)16(2)17(3)20)14-18-7-5-4-6-8-18/h4-8,15-17H,9-14,20H2,1-3H3. The van der Waals surface area contributed by atoms with Gasteiger partial charge in [-0.25, -0.2) is 0 Å². The van der Waals surface area contributed by atoms with Crippen LogP contribution < -0.4 is 5.73 Å². The van der Waals surface area contributed by atoms with Crippen LogP contribution in [0.3, 0.4) is 0 Å². The monoisotopic (exact) mass is 333 g/mol. The maximum absolute atomic E-state index is 13.0. The van der Waals surface area contributed by atoms with Crippen molar-refractivity contribution in [3.63, 3.8) is 0 Å². The lowest BCUT2D eigenvalue weighted by atomic mass is 10.0. The quantitative estimate of drug-likeness (QED) is 0.825. The van der Waals surface area contributed by atoms with Gasteiger partial charge in [0, 0.05) is 38.3 Å². The molecule has 0 aliphatic carbocycles. The Labute approximate surface area is 145 Å². The van der Waals surface area contributed by atoms with Crippen LogP contribution in [0.2, 0.25) is 0 Å². The molecule has 0 aromatic heterocycles. The Morgan fingerprint density at radius 3 is 2.42 bits per heavy atom. The van der Waals surface area contributed by atoms with Gasteiger partial charge in [-0.05, 0) is 19.4 Å². The summed E-state index contributed by atoms with van der Waals surface area (Å²) in [5, 5.41) is 0. The second-order valence-electron chi connectivity index (χ2n) is 6.86. The summed E-state index contributed by atoms with van der Waals surface area (Å²) in [5.74, 6) is -0.0459. The number of amides is 1. The largest absolute Gasteiger partial charge is 0.379 e. The van der Waals surface area contributed by atoms with E-state index in [1.54, 1.807) is 0 Å². The zero-order chi connectivity index (χ0) is 17.5. The second kappa shape index (κ2) is 9.16. The number of rotatable bonds is 7. The highest BCUT2D eigenvalue weighted by atomic mass is 16.5. The summed E-state index contributed by atoms with van der Waals surface area (Å²) < 4.78 is 5.42. The van der Waals surface area contributed by atoms with Crippen LogP contribution >= 0.6 is 0 Å². The molecule has 1 saturated heterocycles. The molecule has 0 radical (unpaired) electrons. The minimum absolute atomic E-state index is 0.134. The van der Waals surface area contributed by atoms with Crippen LogP contribution in [0.5, 0.6) is 0 Å². The van der Waals surface area contributed by atoms with Crippen molar-refractivity contribution in [3.8, 4) is 0 Å². The summed E-state index contributed by atoms with van der Waals surface area (Å²) in [5.41, 5.74) is 7.13. The average Bonchev–Trinajstić information content (AvgIpc) is 2.60. The van der Waals surface area contributed by atoms with Gasteiger partial charge < -0.3 is 15.4 Å². The molecule has 3 atom stereocenters. The number of ether oxygens (including phenoxy) is 1. The van der Waals surface area contributed by atoms with Crippen LogP contribution in [0.15, 0.2) is 30.3 Å². The molecule has 5 nitrogen and oxygen atoms in total. The van der Waals surface area contributed by atoms with Crippen molar-refractivity contribution in [2.75, 3.05) is 32.8 Å². The zero-order valence-electron chi connectivity index (χ0n) is 15.1. The van der Waals surface area contributed by atoms with Gasteiger partial charge in [0.05, 0.1) is 19.1 Å². The first-order valence-electron chi connectivity index (χ1n) is 8.89. The topological polar surface area (TPSA) is 58.8 Å². The van der Waals surface area contributed by atoms with E-state index in [9.17, 15) is 4.79 Å². The fourth-order valence-corrected chi connectivity index (χ4v) is 2.97. The molecule has 1 aliphatic heterocycles. The molecular formula is C19H31N3O2. The van der Waals surface area contributed by atoms with Gasteiger partial charge in [0.25, 0.3) is 0 Å². The molecule has 0 spiro atoms. The molecule has 0 saturated carbocycles. The molecule has 0 bridgehead atoms. The van der Waals surface area contributed by atoms with Crippen molar-refractivity contribution >= 4 is 5.91 Å². The molecule has 1 amide bonds. The van der Waals surface area contributed by atoms with Crippen LogP contribution in [0.1, 0.15) is 26.3 Å². The number of carbonyl (C=O) groups is 1. The lowest BCUT2D eigenvalue weighted by molar-refractivity contribution is -0.139. The maximum atomic E-state index is 13.0. The third kappa shape index (κ3) is 5.30. The van der Waals surface area contributed by atoms with Crippen molar-refractivity contribution in [1.29, 1.82) is 0 Å². The SMILES string of the molecule is CC(N)C(C)C(=O)N(Cc1ccccc1)C(C)CN1CCOCC1. The first-order chi connectivity index (χ1) is 11.5. The van der Waals surface area contributed by atoms with Crippen LogP contribution in [0, 0.1) is 5.92 Å². The van der Waals surface area contributed by atoms with E-state index in [2.05, 4.69) is 24.0 Å². The van der Waals surface area contributed by atoms with E-state index in [-0.39, 0.29) is 23.9 Å². The molecule has 1 heterocycles. The number of nitrogens with zero attached hydrogens (tertiary/aromatic N) is 2. The normalized spacial score (nSPS) is 19.5. The summed E-state index contributed by atoms with van der Waals surface area (Å²) in [6, 6.07) is 10.1. The summed E-state index contributed by atoms with van der Waals surface area (Å²) in [7, 11) is 0. The predicted octanol–water partition coefficient (Wildman–Crippen LogP) is 1.72. The van der Waals surface area contributed by atoms with Gasteiger partial charge in [-0.2, -0.15) is 0 Å². The summed E-state index contributed by atoms with van der Waals surface area (Å²) in [6.07, 6.45) is 0. The molecule has 24 heavy (non-hydrogen) atoms. The Morgan fingerprint density at radius 2 is 1.83 bits per heavy atom. The Bertz CT molecular complexity index is 501. The summed E-state index contributed by atoms with van der Waals surface area (Å²) in [6.45, 7) is 10.9. The van der Waals surface area contributed by atoms with E-state index in [0.717, 1.165) is 38.4 Å². The van der Waals surface area contributed by atoms with Gasteiger partial charge in [0.15, 0.2) is 0 Å². The predicted molar refractivity (Wildman–Crippen MR) is 96.5 cm³/mol. The van der Waals surface area contributed by atoms with E-state index >= 15 is 0 Å². The highest BCUT2D eigenvalue weighted by Crippen LogP contribution is 2.16. The number of morpholine rings is 1. The van der Waals surface area contributed by atoms with Gasteiger partial charge in [-0.1, -0.05) is 37.3 Å². The number of nitrogens with two attached hydrogens (primary N) is 1. The smallest absolute Gasteiger partial charge is 0.227 e. The molecule has 134 valence electrons. The lowest BCUT2D eigenvalue weighted by Gasteiger charge is -2.37. The molecule has 1 aromatic rings. The third-order valence-electron chi connectivity index (χ3n) is 4.82. The molecule has 3 unspecified atom stereocenters. The number of benzene rings is 1. The van der Waals surface area contributed by atoms with Gasteiger partial charge in [-0.15, -0.1) is 0 Å². The third-order valence-corrected chi connectivity index (χ3v) is 4.82. The van der Waals surface area contributed by atoms with Gasteiger partial charge in [-0.3, -0.25) is 9.69 Å². The Balaban J connectivity index is 2.09. The number of hydrogen-bond acceptors (Lipinski definition) is 4. The fraction of sp³-hybridized carbons (Fsp3) is 0.632. The van der Waals surface area contributed by atoms with Gasteiger partial charge in [0.1, 0.15) is 0 Å². The van der Waals surface area contributed by atoms with Crippen molar-refractivity contribution in [2.45, 2.75) is 39.4 Å². The van der Waals surface area contributed by atoms with E-state index in [1.807, 2.05) is 36.9 Å². The Kier molecular flexibility index (Phi) is 7.21. The molecule has 2 N–H and O–H groups in total. The molecule has 5 heteroatoms. The molecule has 1 aliphatic rings. The van der Waals surface area contributed by atoms with Gasteiger partial charge in [0.2, 0.25) is 5.91 Å². The van der Waals surface area contributed by atoms with Crippen LogP contribution in [0.25, 0.3) is 0 Å². The molecular weight excluding hydrogens is 302 g/mol. The van der Waals surface area contributed by atoms with Crippen molar-refractivity contribution in [2.24, 2.45) is 11.7 Å². The fourth-order valence-electron chi connectivity index (χ4n) is 2.97. The highest BCUT2D eigenvalue weighted by Gasteiger charge is 2.28. The van der Waals surface area contributed by atoms with E-state index in [0.29, 0.717) is 6.54 Å². The summed E-state index contributed by atoms with van der Waals surface area (Å²) in [4.78, 5) is 17.3. The van der Waals surface area contributed by atoms with E-state index in [1.165, 1.54) is 0 Å². The number of carbonyl (C=O) groups excluding carboxylic acids is 1. The van der Waals surface area contributed by atoms with Crippen LogP contribution in [0.4, 0.5) is 0 Å². The Morgan fingerprint density at radius 1 is 1.21 bits per heavy atom. The lowest BCUT2D eigenvalue weighted by Crippen LogP contribution is -2.50. The maximum Gasteiger partial charge on any atom is 0.227 e. The van der Waals surface area contributed by atoms with Crippen molar-refractivity contribution in [3.05, 3.63) is 35.9 Å². The number of hydrogen-bond donors (Lipinski definition) is 1. The van der Waals surface area contributed by atoms with Crippen molar-refractivity contribution < 1.29 is 9.53 Å². The second-order valence-corrected chi connectivity index (χ2v) is 6.86. The molecule has 1 fully saturated rings. The first kappa shape index (κ1) is 18.9. The minimum Gasteiger partial charge on any atom is -0.379 e. The van der Waals surface area contributed by atoms with E-state index in [4.69, 9.17) is 10.5 Å². The minimum atomic E-state index is -0.180. The first-order valence-corrected chi connectivity index (χ1v) is 8.89. The Hall–Kier alpha value is -1.43. The van der Waals surface area contributed by atoms with Crippen molar-refractivity contribution in [1.82, 2.24) is 9.80 Å². The molecule has 1 aromatic carbocycles. The summed E-state index contributed by atoms with van der Waals surface area (Å²) >= 11 is 0. The van der Waals surface area contributed by atoms with Gasteiger partial charge >= 0.3 is 0 Å².